The summed E-state index contributed by atoms with van der Waals surface area (Å²) < 4.78 is 1.02. The van der Waals surface area contributed by atoms with Gasteiger partial charge in [-0.15, -0.1) is 5.73 Å². The third-order valence-electron chi connectivity index (χ3n) is 1.74. The average Bonchev–Trinajstić information content (AvgIpc) is 2.15. The van der Waals surface area contributed by atoms with E-state index < -0.39 is 6.10 Å². The van der Waals surface area contributed by atoms with Gasteiger partial charge >= 0.3 is 0 Å². The number of aliphatic hydroxyl groups is 1. The summed E-state index contributed by atoms with van der Waals surface area (Å²) in [7, 11) is 0. The number of aliphatic hydroxyl groups excluding tert-OH is 1. The smallest absolute Gasteiger partial charge is 0.0830 e. The monoisotopic (exact) mass is 238 g/mol. The molecule has 0 unspecified atom stereocenters. The van der Waals surface area contributed by atoms with Crippen LogP contribution in [0.15, 0.2) is 47.1 Å². The summed E-state index contributed by atoms with van der Waals surface area (Å²) >= 11 is 3.34. The summed E-state index contributed by atoms with van der Waals surface area (Å²) in [4.78, 5) is 0. The van der Waals surface area contributed by atoms with E-state index in [4.69, 9.17) is 0 Å². The minimum absolute atomic E-state index is 0.456. The van der Waals surface area contributed by atoms with Gasteiger partial charge in [-0.2, -0.15) is 0 Å². The Labute approximate surface area is 86.5 Å². The number of hydrogen-bond acceptors (Lipinski definition) is 1. The van der Waals surface area contributed by atoms with Crippen LogP contribution in [0.5, 0.6) is 0 Å². The quantitative estimate of drug-likeness (QED) is 0.803. The van der Waals surface area contributed by atoms with E-state index >= 15 is 0 Å². The molecule has 0 saturated carbocycles. The maximum Gasteiger partial charge on any atom is 0.0830 e. The summed E-state index contributed by atoms with van der Waals surface area (Å²) in [5.74, 6) is 0. The SMILES string of the molecule is C=C=CC[C@@H](O)c1ccc(Br)cc1. The van der Waals surface area contributed by atoms with Crippen LogP contribution in [0.25, 0.3) is 0 Å². The second kappa shape index (κ2) is 5.03. The Bertz CT molecular complexity index is 309. The lowest BCUT2D eigenvalue weighted by atomic mass is 10.1. The molecule has 1 rings (SSSR count). The normalized spacial score (nSPS) is 11.8. The molecule has 0 amide bonds. The third-order valence-corrected chi connectivity index (χ3v) is 2.27. The molecule has 0 heterocycles. The van der Waals surface area contributed by atoms with Gasteiger partial charge in [0.15, 0.2) is 0 Å². The summed E-state index contributed by atoms with van der Waals surface area (Å²) in [5, 5.41) is 9.63. The van der Waals surface area contributed by atoms with E-state index in [9.17, 15) is 5.11 Å². The molecule has 0 spiro atoms. The third kappa shape index (κ3) is 3.19. The molecule has 1 N–H and O–H groups in total. The first-order valence-electron chi connectivity index (χ1n) is 4.02. The van der Waals surface area contributed by atoms with Crippen molar-refractivity contribution < 1.29 is 5.11 Å². The van der Waals surface area contributed by atoms with Crippen molar-refractivity contribution >= 4 is 15.9 Å². The standard InChI is InChI=1S/C11H11BrO/c1-2-3-4-11(13)9-5-7-10(12)8-6-9/h3,5-8,11,13H,1,4H2/t11-/m1/s1. The Morgan fingerprint density at radius 1 is 1.46 bits per heavy atom. The van der Waals surface area contributed by atoms with Gasteiger partial charge in [0.25, 0.3) is 0 Å². The molecule has 13 heavy (non-hydrogen) atoms. The Morgan fingerprint density at radius 3 is 2.62 bits per heavy atom. The molecular formula is C11H11BrO. The zero-order chi connectivity index (χ0) is 9.68. The summed E-state index contributed by atoms with van der Waals surface area (Å²) in [6.45, 7) is 3.44. The van der Waals surface area contributed by atoms with E-state index in [-0.39, 0.29) is 0 Å². The molecule has 0 aliphatic rings. The molecule has 1 atom stereocenters. The van der Waals surface area contributed by atoms with Gasteiger partial charge in [-0.3, -0.25) is 0 Å². The predicted octanol–water partition coefficient (Wildman–Crippen LogP) is 3.21. The van der Waals surface area contributed by atoms with Crippen LogP contribution < -0.4 is 0 Å². The van der Waals surface area contributed by atoms with E-state index in [0.29, 0.717) is 6.42 Å². The largest absolute Gasteiger partial charge is 0.388 e. The second-order valence-corrected chi connectivity index (χ2v) is 3.63. The van der Waals surface area contributed by atoms with Crippen molar-refractivity contribution in [3.05, 3.63) is 52.7 Å². The Hall–Kier alpha value is -0.820. The second-order valence-electron chi connectivity index (χ2n) is 2.71. The highest BCUT2D eigenvalue weighted by Crippen LogP contribution is 2.19. The Morgan fingerprint density at radius 2 is 2.08 bits per heavy atom. The van der Waals surface area contributed by atoms with Gasteiger partial charge in [-0.25, -0.2) is 0 Å². The fourth-order valence-corrected chi connectivity index (χ4v) is 1.28. The molecule has 1 aromatic rings. The highest BCUT2D eigenvalue weighted by atomic mass is 79.9. The molecular weight excluding hydrogens is 228 g/mol. The fourth-order valence-electron chi connectivity index (χ4n) is 1.02. The van der Waals surface area contributed by atoms with Crippen molar-refractivity contribution in [3.8, 4) is 0 Å². The van der Waals surface area contributed by atoms with E-state index in [0.717, 1.165) is 10.0 Å². The lowest BCUT2D eigenvalue weighted by Gasteiger charge is -2.07. The number of benzene rings is 1. The molecule has 1 aromatic carbocycles. The summed E-state index contributed by atoms with van der Waals surface area (Å²) in [6.07, 6.45) is 1.83. The predicted molar refractivity (Wildman–Crippen MR) is 57.4 cm³/mol. The van der Waals surface area contributed by atoms with E-state index in [1.165, 1.54) is 0 Å². The van der Waals surface area contributed by atoms with Gasteiger partial charge in [0.2, 0.25) is 0 Å². The van der Waals surface area contributed by atoms with Gasteiger partial charge in [0.1, 0.15) is 0 Å². The molecule has 0 saturated heterocycles. The van der Waals surface area contributed by atoms with E-state index in [1.54, 1.807) is 6.08 Å². The van der Waals surface area contributed by atoms with Gasteiger partial charge in [-0.05, 0) is 23.8 Å². The molecule has 0 aliphatic carbocycles. The zero-order valence-electron chi connectivity index (χ0n) is 7.20. The van der Waals surface area contributed by atoms with Crippen molar-refractivity contribution in [2.75, 3.05) is 0 Å². The van der Waals surface area contributed by atoms with E-state index in [1.807, 2.05) is 24.3 Å². The number of halogens is 1. The first kappa shape index (κ1) is 10.3. The van der Waals surface area contributed by atoms with Crippen molar-refractivity contribution in [1.82, 2.24) is 0 Å². The maximum atomic E-state index is 9.63. The molecule has 0 aliphatic heterocycles. The molecule has 0 fully saturated rings. The van der Waals surface area contributed by atoms with Crippen molar-refractivity contribution in [3.63, 3.8) is 0 Å². The van der Waals surface area contributed by atoms with Crippen LogP contribution in [0.3, 0.4) is 0 Å². The lowest BCUT2D eigenvalue weighted by Crippen LogP contribution is -1.94. The van der Waals surface area contributed by atoms with Gasteiger partial charge in [-0.1, -0.05) is 34.6 Å². The van der Waals surface area contributed by atoms with Crippen LogP contribution >= 0.6 is 15.9 Å². The van der Waals surface area contributed by atoms with Crippen LogP contribution in [0.2, 0.25) is 0 Å². The average molecular weight is 239 g/mol. The van der Waals surface area contributed by atoms with E-state index in [2.05, 4.69) is 28.2 Å². The van der Waals surface area contributed by atoms with Crippen LogP contribution in [0.4, 0.5) is 0 Å². The van der Waals surface area contributed by atoms with Gasteiger partial charge in [0.05, 0.1) is 6.10 Å². The Kier molecular flexibility index (Phi) is 3.97. The molecule has 0 aromatic heterocycles. The number of hydrogen-bond donors (Lipinski definition) is 1. The van der Waals surface area contributed by atoms with Gasteiger partial charge < -0.3 is 5.11 Å². The first-order chi connectivity index (χ1) is 6.24. The highest BCUT2D eigenvalue weighted by molar-refractivity contribution is 9.10. The molecule has 1 nitrogen and oxygen atoms in total. The lowest BCUT2D eigenvalue weighted by molar-refractivity contribution is 0.181. The first-order valence-corrected chi connectivity index (χ1v) is 4.81. The van der Waals surface area contributed by atoms with Crippen LogP contribution in [0, 0.1) is 0 Å². The Balaban J connectivity index is 2.71. The summed E-state index contributed by atoms with van der Waals surface area (Å²) in [6, 6.07) is 7.61. The van der Waals surface area contributed by atoms with Crippen molar-refractivity contribution in [1.29, 1.82) is 0 Å². The maximum absolute atomic E-state index is 9.63. The topological polar surface area (TPSA) is 20.2 Å². The van der Waals surface area contributed by atoms with Gasteiger partial charge in [0, 0.05) is 10.9 Å². The molecule has 0 bridgehead atoms. The minimum Gasteiger partial charge on any atom is -0.388 e. The van der Waals surface area contributed by atoms with Crippen LogP contribution in [-0.4, -0.2) is 5.11 Å². The molecule has 2 heteroatoms. The minimum atomic E-state index is -0.456. The number of rotatable bonds is 3. The van der Waals surface area contributed by atoms with Crippen molar-refractivity contribution in [2.45, 2.75) is 12.5 Å². The van der Waals surface area contributed by atoms with Crippen molar-refractivity contribution in [2.24, 2.45) is 0 Å². The summed E-state index contributed by atoms with van der Waals surface area (Å²) in [5.41, 5.74) is 3.55. The van der Waals surface area contributed by atoms with Crippen LogP contribution in [-0.2, 0) is 0 Å². The zero-order valence-corrected chi connectivity index (χ0v) is 8.79. The highest BCUT2D eigenvalue weighted by Gasteiger charge is 2.03. The molecule has 0 radical (unpaired) electrons. The van der Waals surface area contributed by atoms with Crippen LogP contribution in [0.1, 0.15) is 18.1 Å². The fraction of sp³-hybridized carbons (Fsp3) is 0.182. The molecule has 68 valence electrons.